The minimum Gasteiger partial charge on any atom is -0.369 e. The molecule has 0 aliphatic carbocycles. The molecule has 0 N–H and O–H groups in total. The SMILES string of the molecule is CCc1cccc(F)c1N1CCC1. The second-order valence-electron chi connectivity index (χ2n) is 3.44. The van der Waals surface area contributed by atoms with Gasteiger partial charge in [0.15, 0.2) is 0 Å². The number of halogens is 1. The minimum absolute atomic E-state index is 0.0703. The molecule has 1 aliphatic rings. The molecule has 2 heteroatoms. The Morgan fingerprint density at radius 2 is 2.15 bits per heavy atom. The van der Waals surface area contributed by atoms with Gasteiger partial charge in [0.1, 0.15) is 5.82 Å². The summed E-state index contributed by atoms with van der Waals surface area (Å²) >= 11 is 0. The highest BCUT2D eigenvalue weighted by molar-refractivity contribution is 5.56. The maximum atomic E-state index is 13.5. The first-order chi connectivity index (χ1) is 6.33. The molecule has 0 atom stereocenters. The molecule has 0 saturated carbocycles. The fourth-order valence-electron chi connectivity index (χ4n) is 1.74. The van der Waals surface area contributed by atoms with Crippen molar-refractivity contribution in [2.45, 2.75) is 19.8 Å². The molecule has 70 valence electrons. The van der Waals surface area contributed by atoms with Crippen molar-refractivity contribution in [1.29, 1.82) is 0 Å². The maximum absolute atomic E-state index is 13.5. The lowest BCUT2D eigenvalue weighted by Crippen LogP contribution is -2.38. The second-order valence-corrected chi connectivity index (χ2v) is 3.44. The Morgan fingerprint density at radius 1 is 1.38 bits per heavy atom. The van der Waals surface area contributed by atoms with E-state index < -0.39 is 0 Å². The third-order valence-electron chi connectivity index (χ3n) is 2.62. The monoisotopic (exact) mass is 179 g/mol. The molecule has 13 heavy (non-hydrogen) atoms. The smallest absolute Gasteiger partial charge is 0.146 e. The summed E-state index contributed by atoms with van der Waals surface area (Å²) in [5, 5.41) is 0. The van der Waals surface area contributed by atoms with Gasteiger partial charge in [-0.15, -0.1) is 0 Å². The summed E-state index contributed by atoms with van der Waals surface area (Å²) in [5.41, 5.74) is 1.95. The fraction of sp³-hybridized carbons (Fsp3) is 0.455. The van der Waals surface area contributed by atoms with Crippen molar-refractivity contribution < 1.29 is 4.39 Å². The average Bonchev–Trinajstić information content (AvgIpc) is 2.05. The molecule has 2 rings (SSSR count). The van der Waals surface area contributed by atoms with E-state index in [0.29, 0.717) is 0 Å². The van der Waals surface area contributed by atoms with Crippen LogP contribution in [0.25, 0.3) is 0 Å². The van der Waals surface area contributed by atoms with Gasteiger partial charge >= 0.3 is 0 Å². The molecular weight excluding hydrogens is 165 g/mol. The zero-order chi connectivity index (χ0) is 9.26. The van der Waals surface area contributed by atoms with Crippen LogP contribution in [-0.4, -0.2) is 13.1 Å². The molecule has 0 aromatic heterocycles. The normalized spacial score (nSPS) is 15.7. The van der Waals surface area contributed by atoms with E-state index in [1.54, 1.807) is 12.1 Å². The first-order valence-corrected chi connectivity index (χ1v) is 4.85. The van der Waals surface area contributed by atoms with E-state index in [4.69, 9.17) is 0 Å². The lowest BCUT2D eigenvalue weighted by molar-refractivity contribution is 0.570. The quantitative estimate of drug-likeness (QED) is 0.674. The molecule has 1 aromatic rings. The van der Waals surface area contributed by atoms with Crippen LogP contribution in [0.1, 0.15) is 18.9 Å². The van der Waals surface area contributed by atoms with Crippen molar-refractivity contribution in [3.63, 3.8) is 0 Å². The fourth-order valence-corrected chi connectivity index (χ4v) is 1.74. The number of hydrogen-bond acceptors (Lipinski definition) is 1. The molecule has 1 fully saturated rings. The number of aryl methyl sites for hydroxylation is 1. The third kappa shape index (κ3) is 1.41. The van der Waals surface area contributed by atoms with E-state index in [1.165, 1.54) is 6.42 Å². The lowest BCUT2D eigenvalue weighted by Gasteiger charge is -2.34. The number of hydrogen-bond donors (Lipinski definition) is 0. The van der Waals surface area contributed by atoms with Gasteiger partial charge in [-0.05, 0) is 24.5 Å². The molecule has 1 nitrogen and oxygen atoms in total. The van der Waals surface area contributed by atoms with Crippen LogP contribution in [0, 0.1) is 5.82 Å². The summed E-state index contributed by atoms with van der Waals surface area (Å²) in [6.07, 6.45) is 2.10. The zero-order valence-corrected chi connectivity index (χ0v) is 7.89. The van der Waals surface area contributed by atoms with Crippen molar-refractivity contribution in [2.75, 3.05) is 18.0 Å². The summed E-state index contributed by atoms with van der Waals surface area (Å²) < 4.78 is 13.5. The van der Waals surface area contributed by atoms with Crippen LogP contribution in [0.5, 0.6) is 0 Å². The molecule has 0 radical (unpaired) electrons. The summed E-state index contributed by atoms with van der Waals surface area (Å²) in [7, 11) is 0. The highest BCUT2D eigenvalue weighted by Gasteiger charge is 2.20. The van der Waals surface area contributed by atoms with Crippen LogP contribution in [0.4, 0.5) is 10.1 Å². The van der Waals surface area contributed by atoms with E-state index in [9.17, 15) is 4.39 Å². The number of para-hydroxylation sites is 1. The van der Waals surface area contributed by atoms with Crippen molar-refractivity contribution in [1.82, 2.24) is 0 Å². The van der Waals surface area contributed by atoms with E-state index in [0.717, 1.165) is 30.8 Å². The summed E-state index contributed by atoms with van der Waals surface area (Å²) in [6, 6.07) is 5.35. The second kappa shape index (κ2) is 3.36. The highest BCUT2D eigenvalue weighted by Crippen LogP contribution is 2.28. The van der Waals surface area contributed by atoms with Crippen LogP contribution in [0.3, 0.4) is 0 Å². The number of rotatable bonds is 2. The highest BCUT2D eigenvalue weighted by atomic mass is 19.1. The number of nitrogens with zero attached hydrogens (tertiary/aromatic N) is 1. The Labute approximate surface area is 78.2 Å². The van der Waals surface area contributed by atoms with Crippen LogP contribution >= 0.6 is 0 Å². The Bertz CT molecular complexity index is 305. The molecular formula is C11H14FN. The van der Waals surface area contributed by atoms with E-state index in [1.807, 2.05) is 6.07 Å². The Kier molecular flexibility index (Phi) is 2.21. The van der Waals surface area contributed by atoms with Crippen molar-refractivity contribution in [2.24, 2.45) is 0 Å². The van der Waals surface area contributed by atoms with Gasteiger partial charge in [0.05, 0.1) is 5.69 Å². The first-order valence-electron chi connectivity index (χ1n) is 4.85. The van der Waals surface area contributed by atoms with Crippen LogP contribution in [0.2, 0.25) is 0 Å². The molecule has 1 aliphatic heterocycles. The number of benzene rings is 1. The molecule has 0 amide bonds. The van der Waals surface area contributed by atoms with Gasteiger partial charge in [0.25, 0.3) is 0 Å². The molecule has 0 bridgehead atoms. The largest absolute Gasteiger partial charge is 0.369 e. The van der Waals surface area contributed by atoms with Crippen molar-refractivity contribution >= 4 is 5.69 Å². The Hall–Kier alpha value is -1.05. The predicted octanol–water partition coefficient (Wildman–Crippen LogP) is 2.60. The van der Waals surface area contributed by atoms with E-state index in [-0.39, 0.29) is 5.82 Å². The standard InChI is InChI=1S/C11H14FN/c1-2-9-5-3-6-10(12)11(9)13-7-4-8-13/h3,5-6H,2,4,7-8H2,1H3. The average molecular weight is 179 g/mol. The van der Waals surface area contributed by atoms with Crippen LogP contribution in [-0.2, 0) is 6.42 Å². The van der Waals surface area contributed by atoms with Gasteiger partial charge in [-0.25, -0.2) is 4.39 Å². The van der Waals surface area contributed by atoms with Gasteiger partial charge in [-0.2, -0.15) is 0 Å². The molecule has 1 heterocycles. The first kappa shape index (κ1) is 8.54. The Morgan fingerprint density at radius 3 is 2.69 bits per heavy atom. The van der Waals surface area contributed by atoms with Gasteiger partial charge < -0.3 is 4.90 Å². The summed E-state index contributed by atoms with van der Waals surface area (Å²) in [4.78, 5) is 2.12. The molecule has 1 aromatic carbocycles. The van der Waals surface area contributed by atoms with Gasteiger partial charge in [-0.3, -0.25) is 0 Å². The predicted molar refractivity (Wildman–Crippen MR) is 52.6 cm³/mol. The van der Waals surface area contributed by atoms with E-state index >= 15 is 0 Å². The topological polar surface area (TPSA) is 3.24 Å². The van der Waals surface area contributed by atoms with Crippen LogP contribution in [0.15, 0.2) is 18.2 Å². The van der Waals surface area contributed by atoms with Crippen molar-refractivity contribution in [3.05, 3.63) is 29.6 Å². The lowest BCUT2D eigenvalue weighted by atomic mass is 10.1. The van der Waals surface area contributed by atoms with Gasteiger partial charge in [0, 0.05) is 13.1 Å². The number of anilines is 1. The third-order valence-corrected chi connectivity index (χ3v) is 2.62. The minimum atomic E-state index is -0.0703. The summed E-state index contributed by atoms with van der Waals surface area (Å²) in [6.45, 7) is 4.08. The zero-order valence-electron chi connectivity index (χ0n) is 7.89. The molecule has 1 saturated heterocycles. The van der Waals surface area contributed by atoms with Crippen LogP contribution < -0.4 is 4.90 Å². The summed E-state index contributed by atoms with van der Waals surface area (Å²) in [5.74, 6) is -0.0703. The molecule has 0 spiro atoms. The van der Waals surface area contributed by atoms with Gasteiger partial charge in [0.2, 0.25) is 0 Å². The van der Waals surface area contributed by atoms with E-state index in [2.05, 4.69) is 11.8 Å². The molecule has 0 unspecified atom stereocenters. The maximum Gasteiger partial charge on any atom is 0.146 e. The Balaban J connectivity index is 2.39. The van der Waals surface area contributed by atoms with Crippen molar-refractivity contribution in [3.8, 4) is 0 Å². The van der Waals surface area contributed by atoms with Gasteiger partial charge in [-0.1, -0.05) is 19.1 Å².